The first-order valence-corrected chi connectivity index (χ1v) is 6.65. The van der Waals surface area contributed by atoms with Crippen LogP contribution in [0.3, 0.4) is 0 Å². The lowest BCUT2D eigenvalue weighted by atomic mass is 10.4. The Morgan fingerprint density at radius 2 is 1.73 bits per heavy atom. The fourth-order valence-corrected chi connectivity index (χ4v) is 2.91. The molecule has 0 aliphatic carbocycles. The van der Waals surface area contributed by atoms with Crippen molar-refractivity contribution < 1.29 is 0 Å². The van der Waals surface area contributed by atoms with Gasteiger partial charge in [-0.3, -0.25) is 0 Å². The van der Waals surface area contributed by atoms with Crippen LogP contribution in [0.4, 0.5) is 0 Å². The fraction of sp³-hybridized carbons (Fsp3) is 1.00. The Bertz CT molecular complexity index is 76.5. The van der Waals surface area contributed by atoms with Gasteiger partial charge in [0.05, 0.1) is 0 Å². The van der Waals surface area contributed by atoms with E-state index in [9.17, 15) is 0 Å². The first-order valence-electron chi connectivity index (χ1n) is 4.16. The molecule has 0 aromatic heterocycles. The maximum absolute atomic E-state index is 2.24. The van der Waals surface area contributed by atoms with Gasteiger partial charge in [0.2, 0.25) is 0 Å². The lowest BCUT2D eigenvalue weighted by Crippen LogP contribution is -2.14. The van der Waals surface area contributed by atoms with Crippen molar-refractivity contribution in [2.45, 2.75) is 19.8 Å². The van der Waals surface area contributed by atoms with Gasteiger partial charge in [-0.1, -0.05) is 34.9 Å². The van der Waals surface area contributed by atoms with E-state index >= 15 is 0 Å². The summed E-state index contributed by atoms with van der Waals surface area (Å²) in [5.41, 5.74) is 0. The molecule has 0 bridgehead atoms. The lowest BCUT2D eigenvalue weighted by molar-refractivity contribution is 0.438. The van der Waals surface area contributed by atoms with Crippen LogP contribution in [0.15, 0.2) is 0 Å². The highest BCUT2D eigenvalue weighted by Crippen LogP contribution is 2.21. The topological polar surface area (TPSA) is 3.24 Å². The molecule has 0 N–H and O–H groups in total. The van der Waals surface area contributed by atoms with E-state index in [4.69, 9.17) is 0 Å². The molecule has 0 rings (SSSR count). The monoisotopic (exact) mass is 193 g/mol. The quantitative estimate of drug-likeness (QED) is 0.452. The minimum Gasteiger partial charge on any atom is -0.309 e. The van der Waals surface area contributed by atoms with E-state index in [1.165, 1.54) is 30.9 Å². The maximum atomic E-state index is 2.24. The van der Waals surface area contributed by atoms with Gasteiger partial charge in [-0.25, -0.2) is 0 Å². The van der Waals surface area contributed by atoms with Gasteiger partial charge in [-0.2, -0.15) is 0 Å². The second kappa shape index (κ2) is 8.75. The summed E-state index contributed by atoms with van der Waals surface area (Å²) in [6, 6.07) is 0. The molecule has 0 heterocycles. The van der Waals surface area contributed by atoms with E-state index in [0.717, 1.165) is 0 Å². The van der Waals surface area contributed by atoms with E-state index in [2.05, 4.69) is 25.9 Å². The zero-order valence-corrected chi connectivity index (χ0v) is 9.43. The van der Waals surface area contributed by atoms with Gasteiger partial charge in [0.1, 0.15) is 0 Å². The number of hydrogen-bond donors (Lipinski definition) is 0. The average Bonchev–Trinajstić information content (AvgIpc) is 1.96. The summed E-state index contributed by atoms with van der Waals surface area (Å²) in [5.74, 6) is 2.57. The molecule has 0 aliphatic heterocycles. The van der Waals surface area contributed by atoms with Gasteiger partial charge < -0.3 is 4.90 Å². The zero-order chi connectivity index (χ0) is 8.53. The van der Waals surface area contributed by atoms with Crippen molar-refractivity contribution in [3.8, 4) is 0 Å². The maximum Gasteiger partial charge on any atom is 0.0165 e. The van der Waals surface area contributed by atoms with Gasteiger partial charge in [-0.15, -0.1) is 0 Å². The highest BCUT2D eigenvalue weighted by molar-refractivity contribution is 8.76. The van der Waals surface area contributed by atoms with Crippen molar-refractivity contribution in [1.82, 2.24) is 4.90 Å². The zero-order valence-electron chi connectivity index (χ0n) is 7.80. The van der Waals surface area contributed by atoms with Crippen LogP contribution in [0.1, 0.15) is 19.8 Å². The molecular formula is C8H19NS2. The van der Waals surface area contributed by atoms with Crippen molar-refractivity contribution in [3.63, 3.8) is 0 Å². The molecule has 11 heavy (non-hydrogen) atoms. The molecule has 0 aliphatic rings. The fourth-order valence-electron chi connectivity index (χ4n) is 0.541. The van der Waals surface area contributed by atoms with Crippen molar-refractivity contribution in [3.05, 3.63) is 0 Å². The van der Waals surface area contributed by atoms with Gasteiger partial charge >= 0.3 is 0 Å². The predicted molar refractivity (Wildman–Crippen MR) is 58.4 cm³/mol. The number of hydrogen-bond acceptors (Lipinski definition) is 3. The molecule has 0 saturated carbocycles. The van der Waals surface area contributed by atoms with Crippen molar-refractivity contribution >= 4 is 21.6 Å². The summed E-state index contributed by atoms with van der Waals surface area (Å²) < 4.78 is 0. The molecule has 0 aromatic rings. The summed E-state index contributed by atoms with van der Waals surface area (Å²) in [5, 5.41) is 0. The van der Waals surface area contributed by atoms with Gasteiger partial charge in [0.25, 0.3) is 0 Å². The summed E-state index contributed by atoms with van der Waals surface area (Å²) in [6.45, 7) is 3.44. The first-order chi connectivity index (χ1) is 5.27. The summed E-state index contributed by atoms with van der Waals surface area (Å²) in [6.07, 6.45) is 2.68. The average molecular weight is 193 g/mol. The molecule has 0 unspecified atom stereocenters. The molecule has 0 saturated heterocycles. The minimum absolute atomic E-state index is 1.20. The Balaban J connectivity index is 2.80. The number of rotatable bonds is 7. The summed E-state index contributed by atoms with van der Waals surface area (Å²) in [7, 11) is 8.25. The Morgan fingerprint density at radius 1 is 1.09 bits per heavy atom. The SMILES string of the molecule is CCCCSSCCN(C)C. The van der Waals surface area contributed by atoms with E-state index in [-0.39, 0.29) is 0 Å². The molecule has 0 fully saturated rings. The third kappa shape index (κ3) is 10.7. The normalized spacial score (nSPS) is 10.9. The van der Waals surface area contributed by atoms with Crippen molar-refractivity contribution in [2.75, 3.05) is 32.1 Å². The van der Waals surface area contributed by atoms with Crippen molar-refractivity contribution in [2.24, 2.45) is 0 Å². The second-order valence-electron chi connectivity index (χ2n) is 2.80. The van der Waals surface area contributed by atoms with Crippen LogP contribution in [0, 0.1) is 0 Å². The molecule has 68 valence electrons. The van der Waals surface area contributed by atoms with Crippen LogP contribution in [0.2, 0.25) is 0 Å². The third-order valence-corrected chi connectivity index (χ3v) is 3.76. The molecule has 3 heteroatoms. The molecule has 0 radical (unpaired) electrons. The van der Waals surface area contributed by atoms with Crippen LogP contribution < -0.4 is 0 Å². The highest BCUT2D eigenvalue weighted by Gasteiger charge is 1.91. The summed E-state index contributed by atoms with van der Waals surface area (Å²) in [4.78, 5) is 2.23. The molecule has 0 amide bonds. The highest BCUT2D eigenvalue weighted by atomic mass is 33.1. The van der Waals surface area contributed by atoms with E-state index in [1.807, 2.05) is 21.6 Å². The molecule has 0 spiro atoms. The standard InChI is InChI=1S/C8H19NS2/c1-4-5-7-10-11-8-6-9(2)3/h4-8H2,1-3H3. The molecular weight excluding hydrogens is 174 g/mol. The largest absolute Gasteiger partial charge is 0.309 e. The van der Waals surface area contributed by atoms with E-state index in [0.29, 0.717) is 0 Å². The van der Waals surface area contributed by atoms with Gasteiger partial charge in [0, 0.05) is 18.1 Å². The summed E-state index contributed by atoms with van der Waals surface area (Å²) >= 11 is 0. The Labute approximate surface area is 78.7 Å². The van der Waals surface area contributed by atoms with Crippen LogP contribution >= 0.6 is 21.6 Å². The third-order valence-electron chi connectivity index (χ3n) is 1.29. The van der Waals surface area contributed by atoms with Gasteiger partial charge in [-0.05, 0) is 20.5 Å². The van der Waals surface area contributed by atoms with Crippen LogP contribution in [-0.4, -0.2) is 37.0 Å². The van der Waals surface area contributed by atoms with Crippen LogP contribution in [-0.2, 0) is 0 Å². The van der Waals surface area contributed by atoms with Crippen LogP contribution in [0.5, 0.6) is 0 Å². The smallest absolute Gasteiger partial charge is 0.0165 e. The minimum atomic E-state index is 1.20. The number of nitrogens with zero attached hydrogens (tertiary/aromatic N) is 1. The van der Waals surface area contributed by atoms with Gasteiger partial charge in [0.15, 0.2) is 0 Å². The Hall–Kier alpha value is 0.660. The Kier molecular flexibility index (Phi) is 9.28. The van der Waals surface area contributed by atoms with Crippen LogP contribution in [0.25, 0.3) is 0 Å². The first kappa shape index (κ1) is 11.7. The molecule has 0 aromatic carbocycles. The lowest BCUT2D eigenvalue weighted by Gasteiger charge is -2.07. The molecule has 1 nitrogen and oxygen atoms in total. The van der Waals surface area contributed by atoms with Crippen molar-refractivity contribution in [1.29, 1.82) is 0 Å². The predicted octanol–water partition coefficient (Wildman–Crippen LogP) is 2.73. The number of unbranched alkanes of at least 4 members (excludes halogenated alkanes) is 1. The Morgan fingerprint density at radius 3 is 2.27 bits per heavy atom. The second-order valence-corrected chi connectivity index (χ2v) is 5.50. The van der Waals surface area contributed by atoms with E-state index < -0.39 is 0 Å². The molecule has 0 atom stereocenters. The van der Waals surface area contributed by atoms with E-state index in [1.54, 1.807) is 0 Å².